The molecule has 0 bridgehead atoms. The highest BCUT2D eigenvalue weighted by Gasteiger charge is 1.95. The molecule has 0 heterocycles. The van der Waals surface area contributed by atoms with Crippen molar-refractivity contribution in [1.82, 2.24) is 5.48 Å². The van der Waals surface area contributed by atoms with Crippen LogP contribution in [0.2, 0.25) is 0 Å². The Balaban J connectivity index is 1.92. The summed E-state index contributed by atoms with van der Waals surface area (Å²) in [6.45, 7) is 3.96. The van der Waals surface area contributed by atoms with Crippen molar-refractivity contribution in [3.05, 3.63) is 102 Å². The number of hydrogen-bond donors (Lipinski definition) is 3. The lowest BCUT2D eigenvalue weighted by Gasteiger charge is -2.06. The molecule has 0 spiro atoms. The van der Waals surface area contributed by atoms with Crippen LogP contribution >= 0.6 is 0 Å². The molecule has 0 aliphatic heterocycles. The molecule has 0 aliphatic rings. The maximum absolute atomic E-state index is 11.0. The fourth-order valence-electron chi connectivity index (χ4n) is 2.06. The molecule has 0 aliphatic carbocycles. The summed E-state index contributed by atoms with van der Waals surface area (Å²) >= 11 is 0. The van der Waals surface area contributed by atoms with Gasteiger partial charge in [-0.3, -0.25) is 10.0 Å². The van der Waals surface area contributed by atoms with Gasteiger partial charge < -0.3 is 5.32 Å². The van der Waals surface area contributed by atoms with E-state index in [4.69, 9.17) is 5.21 Å². The maximum atomic E-state index is 11.0. The molecule has 0 fully saturated rings. The topological polar surface area (TPSA) is 61.4 Å². The summed E-state index contributed by atoms with van der Waals surface area (Å²) < 4.78 is 0. The molecule has 126 valence electrons. The molecule has 0 unspecified atom stereocenters. The van der Waals surface area contributed by atoms with E-state index >= 15 is 0 Å². The summed E-state index contributed by atoms with van der Waals surface area (Å²) in [5.74, 6) is -0.573. The van der Waals surface area contributed by atoms with E-state index < -0.39 is 5.91 Å². The molecule has 0 saturated heterocycles. The van der Waals surface area contributed by atoms with E-state index in [1.54, 1.807) is 11.6 Å². The molecule has 2 aromatic carbocycles. The zero-order valence-electron chi connectivity index (χ0n) is 13.7. The standard InChI is InChI=1S/C21H20N2O2/c1-17(8-5-6-11-18-9-3-2-4-10-18)22-20-13-7-12-19(16-20)14-15-21(24)23-25/h2-16,22,25H,1H2,(H,23,24)/b8-5+,11-6+,15-14+. The Morgan fingerprint density at radius 2 is 1.68 bits per heavy atom. The molecular weight excluding hydrogens is 312 g/mol. The smallest absolute Gasteiger partial charge is 0.267 e. The summed E-state index contributed by atoms with van der Waals surface area (Å²) in [5, 5.41) is 11.7. The van der Waals surface area contributed by atoms with E-state index in [-0.39, 0.29) is 0 Å². The highest BCUT2D eigenvalue weighted by atomic mass is 16.5. The van der Waals surface area contributed by atoms with Crippen LogP contribution in [0.5, 0.6) is 0 Å². The van der Waals surface area contributed by atoms with Crippen LogP contribution in [0.15, 0.2) is 91.2 Å². The molecule has 0 aromatic heterocycles. The van der Waals surface area contributed by atoms with Crippen LogP contribution in [0.1, 0.15) is 11.1 Å². The van der Waals surface area contributed by atoms with Crippen LogP contribution in [0, 0.1) is 0 Å². The molecule has 0 radical (unpaired) electrons. The molecule has 1 amide bonds. The van der Waals surface area contributed by atoms with Crippen LogP contribution < -0.4 is 10.8 Å². The Kier molecular flexibility index (Phi) is 6.97. The largest absolute Gasteiger partial charge is 0.356 e. The number of hydrogen-bond acceptors (Lipinski definition) is 3. The van der Waals surface area contributed by atoms with E-state index in [1.165, 1.54) is 6.08 Å². The van der Waals surface area contributed by atoms with Crippen molar-refractivity contribution in [2.75, 3.05) is 5.32 Å². The van der Waals surface area contributed by atoms with Crippen LogP contribution in [-0.2, 0) is 4.79 Å². The third-order valence-electron chi connectivity index (χ3n) is 3.23. The van der Waals surface area contributed by atoms with Crippen molar-refractivity contribution in [1.29, 1.82) is 0 Å². The maximum Gasteiger partial charge on any atom is 0.267 e. The van der Waals surface area contributed by atoms with Gasteiger partial charge in [0.05, 0.1) is 0 Å². The van der Waals surface area contributed by atoms with Gasteiger partial charge in [0.15, 0.2) is 0 Å². The predicted molar refractivity (Wildman–Crippen MR) is 103 cm³/mol. The Morgan fingerprint density at radius 3 is 2.44 bits per heavy atom. The number of hydroxylamine groups is 1. The summed E-state index contributed by atoms with van der Waals surface area (Å²) in [7, 11) is 0. The van der Waals surface area contributed by atoms with Gasteiger partial charge in [-0.05, 0) is 35.4 Å². The zero-order valence-corrected chi connectivity index (χ0v) is 13.7. The molecule has 2 rings (SSSR count). The van der Waals surface area contributed by atoms with E-state index in [0.717, 1.165) is 22.5 Å². The van der Waals surface area contributed by atoms with E-state index in [1.807, 2.05) is 78.9 Å². The summed E-state index contributed by atoms with van der Waals surface area (Å²) in [6.07, 6.45) is 10.6. The van der Waals surface area contributed by atoms with Crippen molar-refractivity contribution in [2.24, 2.45) is 0 Å². The van der Waals surface area contributed by atoms with Crippen molar-refractivity contribution in [3.8, 4) is 0 Å². The number of anilines is 1. The van der Waals surface area contributed by atoms with E-state index in [2.05, 4.69) is 11.9 Å². The molecule has 2 aromatic rings. The average molecular weight is 332 g/mol. The minimum atomic E-state index is -0.573. The lowest BCUT2D eigenvalue weighted by Crippen LogP contribution is -2.14. The van der Waals surface area contributed by atoms with Crippen molar-refractivity contribution >= 4 is 23.7 Å². The van der Waals surface area contributed by atoms with Crippen molar-refractivity contribution < 1.29 is 10.0 Å². The van der Waals surface area contributed by atoms with E-state index in [9.17, 15) is 4.79 Å². The Labute approximate surface area is 147 Å². The van der Waals surface area contributed by atoms with Crippen molar-refractivity contribution in [3.63, 3.8) is 0 Å². The number of carbonyl (C=O) groups is 1. The monoisotopic (exact) mass is 332 g/mol. The van der Waals surface area contributed by atoms with Crippen LogP contribution in [0.25, 0.3) is 12.2 Å². The minimum absolute atomic E-state index is 0.573. The Morgan fingerprint density at radius 1 is 0.920 bits per heavy atom. The van der Waals surface area contributed by atoms with Gasteiger partial charge in [-0.2, -0.15) is 0 Å². The molecule has 3 N–H and O–H groups in total. The van der Waals surface area contributed by atoms with Gasteiger partial charge in [0.1, 0.15) is 0 Å². The van der Waals surface area contributed by atoms with Crippen LogP contribution in [-0.4, -0.2) is 11.1 Å². The molecule has 4 nitrogen and oxygen atoms in total. The summed E-state index contributed by atoms with van der Waals surface area (Å²) in [4.78, 5) is 11.0. The number of allylic oxidation sites excluding steroid dienone is 3. The second-order valence-corrected chi connectivity index (χ2v) is 5.21. The van der Waals surface area contributed by atoms with Gasteiger partial charge in [-0.25, -0.2) is 5.48 Å². The summed E-state index contributed by atoms with van der Waals surface area (Å²) in [6, 6.07) is 17.5. The van der Waals surface area contributed by atoms with E-state index in [0.29, 0.717) is 0 Å². The first-order chi connectivity index (χ1) is 12.2. The Hall–Kier alpha value is -3.37. The fraction of sp³-hybridized carbons (Fsp3) is 0. The van der Waals surface area contributed by atoms with Gasteiger partial charge in [0, 0.05) is 17.5 Å². The highest BCUT2D eigenvalue weighted by Crippen LogP contribution is 2.14. The quantitative estimate of drug-likeness (QED) is 0.305. The predicted octanol–water partition coefficient (Wildman–Crippen LogP) is 4.40. The first-order valence-corrected chi connectivity index (χ1v) is 7.75. The molecular formula is C21H20N2O2. The zero-order chi connectivity index (χ0) is 17.9. The first kappa shape index (κ1) is 18.0. The third kappa shape index (κ3) is 6.72. The van der Waals surface area contributed by atoms with Gasteiger partial charge in [-0.15, -0.1) is 0 Å². The number of amides is 1. The van der Waals surface area contributed by atoms with Crippen LogP contribution in [0.4, 0.5) is 5.69 Å². The fourth-order valence-corrected chi connectivity index (χ4v) is 2.06. The SMILES string of the molecule is C=C(/C=C/C=C/c1ccccc1)Nc1cccc(/C=C/C(=O)NO)c1. The summed E-state index contributed by atoms with van der Waals surface area (Å²) in [5.41, 5.74) is 5.11. The molecule has 0 saturated carbocycles. The normalized spacial score (nSPS) is 11.2. The highest BCUT2D eigenvalue weighted by molar-refractivity contribution is 5.90. The molecule has 0 atom stereocenters. The third-order valence-corrected chi connectivity index (χ3v) is 3.23. The minimum Gasteiger partial charge on any atom is -0.356 e. The van der Waals surface area contributed by atoms with Gasteiger partial charge in [0.25, 0.3) is 5.91 Å². The second kappa shape index (κ2) is 9.70. The number of nitrogens with one attached hydrogen (secondary N) is 2. The molecule has 25 heavy (non-hydrogen) atoms. The first-order valence-electron chi connectivity index (χ1n) is 7.75. The van der Waals surface area contributed by atoms with Crippen molar-refractivity contribution in [2.45, 2.75) is 0 Å². The van der Waals surface area contributed by atoms with Gasteiger partial charge in [-0.1, -0.05) is 67.3 Å². The lowest BCUT2D eigenvalue weighted by molar-refractivity contribution is -0.124. The molecule has 4 heteroatoms. The lowest BCUT2D eigenvalue weighted by atomic mass is 10.2. The number of rotatable bonds is 7. The van der Waals surface area contributed by atoms with Gasteiger partial charge >= 0.3 is 0 Å². The second-order valence-electron chi connectivity index (χ2n) is 5.21. The number of benzene rings is 2. The Bertz CT molecular complexity index is 806. The average Bonchev–Trinajstić information content (AvgIpc) is 2.64. The van der Waals surface area contributed by atoms with Gasteiger partial charge in [0.2, 0.25) is 0 Å². The number of carbonyl (C=O) groups excluding carboxylic acids is 1. The van der Waals surface area contributed by atoms with Crippen LogP contribution in [0.3, 0.4) is 0 Å².